The van der Waals surface area contributed by atoms with Crippen LogP contribution in [0.3, 0.4) is 0 Å². The molecular weight excluding hydrogens is 254 g/mol. The van der Waals surface area contributed by atoms with Crippen molar-refractivity contribution in [1.82, 2.24) is 15.3 Å². The van der Waals surface area contributed by atoms with E-state index in [0.717, 1.165) is 16.8 Å². The number of aliphatic hydroxyl groups is 1. The van der Waals surface area contributed by atoms with E-state index in [4.69, 9.17) is 4.74 Å². The Labute approximate surface area is 118 Å². The van der Waals surface area contributed by atoms with E-state index >= 15 is 0 Å². The van der Waals surface area contributed by atoms with Crippen molar-refractivity contribution in [2.75, 3.05) is 13.7 Å². The van der Waals surface area contributed by atoms with Crippen molar-refractivity contribution in [3.63, 3.8) is 0 Å². The fraction of sp³-hybridized carbons (Fsp3) is 0.333. The Morgan fingerprint density at radius 3 is 2.90 bits per heavy atom. The van der Waals surface area contributed by atoms with Crippen molar-refractivity contribution in [3.8, 4) is 5.75 Å². The van der Waals surface area contributed by atoms with E-state index in [1.165, 1.54) is 6.33 Å². The van der Waals surface area contributed by atoms with Crippen LogP contribution >= 0.6 is 0 Å². The van der Waals surface area contributed by atoms with E-state index < -0.39 is 6.10 Å². The lowest BCUT2D eigenvalue weighted by molar-refractivity contribution is 0.170. The molecule has 0 fully saturated rings. The molecule has 1 aromatic carbocycles. The summed E-state index contributed by atoms with van der Waals surface area (Å²) >= 11 is 0. The van der Waals surface area contributed by atoms with E-state index in [2.05, 4.69) is 15.3 Å². The molecule has 1 heterocycles. The molecular formula is C15H19N3O2. The summed E-state index contributed by atoms with van der Waals surface area (Å²) in [5.74, 6) is 0.701. The number of aliphatic hydroxyl groups excluding tert-OH is 1. The molecule has 0 bridgehead atoms. The normalized spacial score (nSPS) is 12.2. The summed E-state index contributed by atoms with van der Waals surface area (Å²) in [4.78, 5) is 7.98. The van der Waals surface area contributed by atoms with Gasteiger partial charge in [0.2, 0.25) is 0 Å². The van der Waals surface area contributed by atoms with Gasteiger partial charge in [0.25, 0.3) is 0 Å². The first kappa shape index (κ1) is 14.4. The van der Waals surface area contributed by atoms with Gasteiger partial charge in [-0.2, -0.15) is 0 Å². The highest BCUT2D eigenvalue weighted by Gasteiger charge is 2.13. The molecule has 0 aliphatic rings. The summed E-state index contributed by atoms with van der Waals surface area (Å²) in [6, 6.07) is 7.62. The molecule has 0 aliphatic carbocycles. The molecule has 106 valence electrons. The molecule has 5 nitrogen and oxygen atoms in total. The van der Waals surface area contributed by atoms with Crippen LogP contribution in [0.2, 0.25) is 0 Å². The van der Waals surface area contributed by atoms with Gasteiger partial charge in [0, 0.05) is 24.8 Å². The van der Waals surface area contributed by atoms with Gasteiger partial charge < -0.3 is 15.2 Å². The number of ether oxygens (including phenoxy) is 1. The van der Waals surface area contributed by atoms with Crippen LogP contribution in [0.1, 0.15) is 22.9 Å². The monoisotopic (exact) mass is 273 g/mol. The van der Waals surface area contributed by atoms with Crippen LogP contribution < -0.4 is 10.1 Å². The van der Waals surface area contributed by atoms with Crippen molar-refractivity contribution in [1.29, 1.82) is 0 Å². The highest BCUT2D eigenvalue weighted by atomic mass is 16.5. The Bertz CT molecular complexity index is 546. The largest absolute Gasteiger partial charge is 0.496 e. The summed E-state index contributed by atoms with van der Waals surface area (Å²) in [5, 5.41) is 13.4. The molecule has 0 amide bonds. The molecule has 1 atom stereocenters. The van der Waals surface area contributed by atoms with Gasteiger partial charge in [-0.05, 0) is 25.1 Å². The Balaban J connectivity index is 1.95. The molecule has 0 aliphatic heterocycles. The average molecular weight is 273 g/mol. The van der Waals surface area contributed by atoms with Crippen LogP contribution in [-0.4, -0.2) is 28.7 Å². The Morgan fingerprint density at radius 2 is 2.20 bits per heavy atom. The number of hydrogen-bond donors (Lipinski definition) is 2. The third kappa shape index (κ3) is 3.76. The first-order valence-electron chi connectivity index (χ1n) is 6.49. The maximum absolute atomic E-state index is 10.3. The Morgan fingerprint density at radius 1 is 1.35 bits per heavy atom. The molecule has 2 aromatic rings. The number of aryl methyl sites for hydroxylation is 1. The lowest BCUT2D eigenvalue weighted by Crippen LogP contribution is -2.22. The molecule has 0 saturated heterocycles. The van der Waals surface area contributed by atoms with Crippen LogP contribution in [-0.2, 0) is 6.54 Å². The Kier molecular flexibility index (Phi) is 5.03. The third-order valence-electron chi connectivity index (χ3n) is 3.03. The molecule has 5 heteroatoms. The number of hydrogen-bond acceptors (Lipinski definition) is 5. The van der Waals surface area contributed by atoms with E-state index in [9.17, 15) is 5.11 Å². The van der Waals surface area contributed by atoms with Crippen molar-refractivity contribution < 1.29 is 9.84 Å². The molecule has 0 saturated carbocycles. The lowest BCUT2D eigenvalue weighted by atomic mass is 10.1. The summed E-state index contributed by atoms with van der Waals surface area (Å²) in [7, 11) is 1.61. The standard InChI is InChI=1S/C15H19N3O2/c1-11-3-4-15(20-2)13(7-11)14(19)9-17-8-12-5-6-16-10-18-12/h3-7,10,14,17,19H,8-9H2,1-2H3. The molecule has 1 aromatic heterocycles. The first-order valence-corrected chi connectivity index (χ1v) is 6.49. The molecule has 1 unspecified atom stereocenters. The van der Waals surface area contributed by atoms with Gasteiger partial charge in [-0.3, -0.25) is 0 Å². The second kappa shape index (κ2) is 6.98. The number of nitrogens with one attached hydrogen (secondary N) is 1. The minimum atomic E-state index is -0.619. The number of benzene rings is 1. The summed E-state index contributed by atoms with van der Waals surface area (Å²) in [6.07, 6.45) is 2.59. The molecule has 0 spiro atoms. The van der Waals surface area contributed by atoms with E-state index in [-0.39, 0.29) is 0 Å². The predicted octanol–water partition coefficient (Wildman–Crippen LogP) is 1.62. The van der Waals surface area contributed by atoms with Gasteiger partial charge in [0.05, 0.1) is 18.9 Å². The molecule has 2 N–H and O–H groups in total. The third-order valence-corrected chi connectivity index (χ3v) is 3.03. The highest BCUT2D eigenvalue weighted by molar-refractivity contribution is 5.38. The van der Waals surface area contributed by atoms with Gasteiger partial charge in [0.15, 0.2) is 0 Å². The molecule has 20 heavy (non-hydrogen) atoms. The number of methoxy groups -OCH3 is 1. The minimum absolute atomic E-state index is 0.434. The van der Waals surface area contributed by atoms with Crippen molar-refractivity contribution in [3.05, 3.63) is 53.6 Å². The van der Waals surface area contributed by atoms with Crippen LogP contribution in [0.15, 0.2) is 36.8 Å². The molecule has 0 radical (unpaired) electrons. The minimum Gasteiger partial charge on any atom is -0.496 e. The van der Waals surface area contributed by atoms with Gasteiger partial charge in [-0.25, -0.2) is 9.97 Å². The van der Waals surface area contributed by atoms with Crippen LogP contribution in [0.25, 0.3) is 0 Å². The Hall–Kier alpha value is -1.98. The predicted molar refractivity (Wildman–Crippen MR) is 76.4 cm³/mol. The van der Waals surface area contributed by atoms with Gasteiger partial charge in [-0.1, -0.05) is 11.6 Å². The number of nitrogens with zero attached hydrogens (tertiary/aromatic N) is 2. The SMILES string of the molecule is COc1ccc(C)cc1C(O)CNCc1ccncn1. The van der Waals surface area contributed by atoms with Crippen molar-refractivity contribution in [2.24, 2.45) is 0 Å². The zero-order valence-electron chi connectivity index (χ0n) is 11.7. The van der Waals surface area contributed by atoms with Gasteiger partial charge in [-0.15, -0.1) is 0 Å². The van der Waals surface area contributed by atoms with Gasteiger partial charge >= 0.3 is 0 Å². The van der Waals surface area contributed by atoms with Crippen LogP contribution in [0.5, 0.6) is 5.75 Å². The van der Waals surface area contributed by atoms with Crippen molar-refractivity contribution in [2.45, 2.75) is 19.6 Å². The van der Waals surface area contributed by atoms with E-state index in [0.29, 0.717) is 18.8 Å². The summed E-state index contributed by atoms with van der Waals surface area (Å²) in [6.45, 7) is 3.02. The maximum Gasteiger partial charge on any atom is 0.124 e. The molecule has 2 rings (SSSR count). The number of rotatable bonds is 6. The lowest BCUT2D eigenvalue weighted by Gasteiger charge is -2.16. The quantitative estimate of drug-likeness (QED) is 0.837. The second-order valence-corrected chi connectivity index (χ2v) is 4.59. The highest BCUT2D eigenvalue weighted by Crippen LogP contribution is 2.25. The maximum atomic E-state index is 10.3. The zero-order chi connectivity index (χ0) is 14.4. The van der Waals surface area contributed by atoms with E-state index in [1.54, 1.807) is 13.3 Å². The van der Waals surface area contributed by atoms with E-state index in [1.807, 2.05) is 31.2 Å². The fourth-order valence-electron chi connectivity index (χ4n) is 1.98. The summed E-state index contributed by atoms with van der Waals surface area (Å²) in [5.41, 5.74) is 2.78. The van der Waals surface area contributed by atoms with Crippen LogP contribution in [0.4, 0.5) is 0 Å². The second-order valence-electron chi connectivity index (χ2n) is 4.59. The summed E-state index contributed by atoms with van der Waals surface area (Å²) < 4.78 is 5.28. The van der Waals surface area contributed by atoms with Gasteiger partial charge in [0.1, 0.15) is 12.1 Å². The fourth-order valence-corrected chi connectivity index (χ4v) is 1.98. The smallest absolute Gasteiger partial charge is 0.124 e. The zero-order valence-corrected chi connectivity index (χ0v) is 11.7. The topological polar surface area (TPSA) is 67.3 Å². The van der Waals surface area contributed by atoms with Crippen LogP contribution in [0, 0.1) is 6.92 Å². The average Bonchev–Trinajstić information content (AvgIpc) is 2.48. The van der Waals surface area contributed by atoms with Crippen molar-refractivity contribution >= 4 is 0 Å². The first-order chi connectivity index (χ1) is 9.70. The number of aromatic nitrogens is 2.